The maximum absolute atomic E-state index is 5.12. The molecule has 1 aliphatic heterocycles. The highest BCUT2D eigenvalue weighted by molar-refractivity contribution is 4.78. The lowest BCUT2D eigenvalue weighted by atomic mass is 10.4. The Morgan fingerprint density at radius 2 is 2.00 bits per heavy atom. The fraction of sp³-hybridized carbons (Fsp3) is 1.00. The van der Waals surface area contributed by atoms with Crippen molar-refractivity contribution in [3.05, 3.63) is 0 Å². The van der Waals surface area contributed by atoms with Gasteiger partial charge in [0.25, 0.3) is 0 Å². The molecule has 1 fully saturated rings. The van der Waals surface area contributed by atoms with Crippen molar-refractivity contribution in [1.29, 1.82) is 0 Å². The van der Waals surface area contributed by atoms with Gasteiger partial charge in [0.1, 0.15) is 6.23 Å². The molecule has 2 heteroatoms. The molecule has 1 saturated heterocycles. The van der Waals surface area contributed by atoms with Crippen LogP contribution >= 0.6 is 0 Å². The number of hydrogen-bond acceptors (Lipinski definition) is 2. The molecule has 0 amide bonds. The summed E-state index contributed by atoms with van der Waals surface area (Å²) in [7, 11) is 0. The first-order valence-electron chi connectivity index (χ1n) is 3.11. The molecule has 0 aliphatic carbocycles. The molecule has 0 aromatic heterocycles. The average Bonchev–Trinajstić information content (AvgIpc) is 2.17. The van der Waals surface area contributed by atoms with E-state index in [0.717, 1.165) is 0 Å². The summed E-state index contributed by atoms with van der Waals surface area (Å²) < 4.78 is 5.12. The van der Waals surface area contributed by atoms with Crippen LogP contribution in [-0.2, 0) is 4.74 Å². The molecular formula is C6H13NO. The summed E-state index contributed by atoms with van der Waals surface area (Å²) in [4.78, 5) is 0. The van der Waals surface area contributed by atoms with E-state index in [1.54, 1.807) is 0 Å². The molecule has 0 bridgehead atoms. The van der Waals surface area contributed by atoms with E-state index >= 15 is 0 Å². The van der Waals surface area contributed by atoms with Crippen molar-refractivity contribution in [1.82, 2.24) is 5.32 Å². The second-order valence-corrected chi connectivity index (χ2v) is 2.58. The molecule has 0 aromatic rings. The van der Waals surface area contributed by atoms with Crippen LogP contribution in [0, 0.1) is 0 Å². The largest absolute Gasteiger partial charge is 0.354 e. The quantitative estimate of drug-likeness (QED) is 0.536. The zero-order valence-corrected chi connectivity index (χ0v) is 5.64. The number of hydrogen-bond donors (Lipinski definition) is 1. The Morgan fingerprint density at radius 3 is 2.12 bits per heavy atom. The molecule has 0 radical (unpaired) electrons. The van der Waals surface area contributed by atoms with Crippen LogP contribution in [0.25, 0.3) is 0 Å². The Balaban J connectivity index is 2.05. The minimum absolute atomic E-state index is 0.343. The van der Waals surface area contributed by atoms with Gasteiger partial charge in [0.05, 0.1) is 6.10 Å². The minimum atomic E-state index is 0.343. The number of ether oxygens (including phenoxy) is 1. The molecule has 1 N–H and O–H groups in total. The maximum Gasteiger partial charge on any atom is 0.135 e. The van der Waals surface area contributed by atoms with Crippen LogP contribution in [0.2, 0.25) is 0 Å². The molecule has 2 unspecified atom stereocenters. The summed E-state index contributed by atoms with van der Waals surface area (Å²) in [5, 5.41) is 3.24. The van der Waals surface area contributed by atoms with Crippen LogP contribution in [0.4, 0.5) is 0 Å². The molecule has 48 valence electrons. The lowest BCUT2D eigenvalue weighted by Gasteiger charge is -2.01. The second kappa shape index (κ2) is 2.03. The van der Waals surface area contributed by atoms with Gasteiger partial charge in [-0.05, 0) is 20.8 Å². The lowest BCUT2D eigenvalue weighted by molar-refractivity contribution is 0.338. The molecule has 8 heavy (non-hydrogen) atoms. The predicted molar refractivity (Wildman–Crippen MR) is 32.6 cm³/mol. The summed E-state index contributed by atoms with van der Waals surface area (Å²) in [6.07, 6.45) is 0.785. The van der Waals surface area contributed by atoms with E-state index in [9.17, 15) is 0 Å². The van der Waals surface area contributed by atoms with Gasteiger partial charge in [0.15, 0.2) is 0 Å². The molecule has 1 rings (SSSR count). The summed E-state index contributed by atoms with van der Waals surface area (Å²) in [6, 6.07) is 0.546. The molecule has 0 saturated carbocycles. The highest BCUT2D eigenvalue weighted by Crippen LogP contribution is 2.17. The van der Waals surface area contributed by atoms with E-state index in [-0.39, 0.29) is 0 Å². The van der Waals surface area contributed by atoms with Gasteiger partial charge in [-0.3, -0.25) is 5.32 Å². The zero-order valence-electron chi connectivity index (χ0n) is 5.64. The van der Waals surface area contributed by atoms with Crippen LogP contribution in [0.5, 0.6) is 0 Å². The fourth-order valence-corrected chi connectivity index (χ4v) is 0.689. The van der Waals surface area contributed by atoms with Gasteiger partial charge in [-0.25, -0.2) is 0 Å². The topological polar surface area (TPSA) is 24.6 Å². The highest BCUT2D eigenvalue weighted by atomic mass is 16.6. The van der Waals surface area contributed by atoms with Crippen LogP contribution < -0.4 is 5.32 Å². The minimum Gasteiger partial charge on any atom is -0.354 e. The van der Waals surface area contributed by atoms with E-state index in [0.29, 0.717) is 18.4 Å². The van der Waals surface area contributed by atoms with Crippen LogP contribution in [0.3, 0.4) is 0 Å². The van der Waals surface area contributed by atoms with E-state index in [4.69, 9.17) is 4.74 Å². The summed E-state index contributed by atoms with van der Waals surface area (Å²) >= 11 is 0. The van der Waals surface area contributed by atoms with E-state index in [1.165, 1.54) is 0 Å². The van der Waals surface area contributed by atoms with E-state index in [2.05, 4.69) is 26.1 Å². The maximum atomic E-state index is 5.12. The first kappa shape index (κ1) is 6.05. The van der Waals surface area contributed by atoms with Crippen LogP contribution in [-0.4, -0.2) is 18.4 Å². The predicted octanol–water partition coefficient (Wildman–Crippen LogP) is 0.729. The Kier molecular flexibility index (Phi) is 1.54. The van der Waals surface area contributed by atoms with Gasteiger partial charge < -0.3 is 4.74 Å². The Bertz CT molecular complexity index is 82.6. The van der Waals surface area contributed by atoms with Crippen molar-refractivity contribution in [2.45, 2.75) is 39.1 Å². The zero-order chi connectivity index (χ0) is 6.15. The third-order valence-corrected chi connectivity index (χ3v) is 1.21. The number of epoxide rings is 1. The lowest BCUT2D eigenvalue weighted by Crippen LogP contribution is -2.26. The van der Waals surface area contributed by atoms with Gasteiger partial charge in [-0.1, -0.05) is 0 Å². The van der Waals surface area contributed by atoms with E-state index in [1.807, 2.05) is 0 Å². The van der Waals surface area contributed by atoms with Crippen molar-refractivity contribution in [3.63, 3.8) is 0 Å². The van der Waals surface area contributed by atoms with Gasteiger partial charge in [0, 0.05) is 6.04 Å². The molecule has 2 nitrogen and oxygen atoms in total. The van der Waals surface area contributed by atoms with Crippen molar-refractivity contribution in [2.75, 3.05) is 0 Å². The molecule has 1 heterocycles. The molecule has 2 atom stereocenters. The number of nitrogens with one attached hydrogen (secondary N) is 1. The molecule has 0 spiro atoms. The first-order valence-corrected chi connectivity index (χ1v) is 3.11. The van der Waals surface area contributed by atoms with Gasteiger partial charge in [0.2, 0.25) is 0 Å². The fourth-order valence-electron chi connectivity index (χ4n) is 0.689. The molecular weight excluding hydrogens is 102 g/mol. The summed E-state index contributed by atoms with van der Waals surface area (Å²) in [5.41, 5.74) is 0. The monoisotopic (exact) mass is 115 g/mol. The third kappa shape index (κ3) is 1.46. The van der Waals surface area contributed by atoms with Crippen LogP contribution in [0.1, 0.15) is 20.8 Å². The van der Waals surface area contributed by atoms with Gasteiger partial charge in [-0.15, -0.1) is 0 Å². The molecule has 0 aromatic carbocycles. The SMILES string of the molecule is CC(C)NC1OC1C. The average molecular weight is 115 g/mol. The Labute approximate surface area is 50.2 Å². The molecule has 1 aliphatic rings. The van der Waals surface area contributed by atoms with Crippen molar-refractivity contribution >= 4 is 0 Å². The van der Waals surface area contributed by atoms with Crippen molar-refractivity contribution < 1.29 is 4.74 Å². The summed E-state index contributed by atoms with van der Waals surface area (Å²) in [5.74, 6) is 0. The highest BCUT2D eigenvalue weighted by Gasteiger charge is 2.33. The summed E-state index contributed by atoms with van der Waals surface area (Å²) in [6.45, 7) is 6.31. The van der Waals surface area contributed by atoms with Gasteiger partial charge >= 0.3 is 0 Å². The third-order valence-electron chi connectivity index (χ3n) is 1.21. The Hall–Kier alpha value is -0.0800. The van der Waals surface area contributed by atoms with Crippen LogP contribution in [0.15, 0.2) is 0 Å². The Morgan fingerprint density at radius 1 is 1.50 bits per heavy atom. The number of rotatable bonds is 2. The second-order valence-electron chi connectivity index (χ2n) is 2.58. The normalized spacial score (nSPS) is 36.0. The first-order chi connectivity index (χ1) is 3.70. The van der Waals surface area contributed by atoms with Crippen molar-refractivity contribution in [3.8, 4) is 0 Å². The smallest absolute Gasteiger partial charge is 0.135 e. The standard InChI is InChI=1S/C6H13NO/c1-4(2)7-6-5(3)8-6/h4-7H,1-3H3. The van der Waals surface area contributed by atoms with E-state index < -0.39 is 0 Å². The van der Waals surface area contributed by atoms with Crippen molar-refractivity contribution in [2.24, 2.45) is 0 Å². The van der Waals surface area contributed by atoms with Gasteiger partial charge in [-0.2, -0.15) is 0 Å².